The lowest BCUT2D eigenvalue weighted by Gasteiger charge is -2.20. The van der Waals surface area contributed by atoms with Crippen LogP contribution < -0.4 is 25.6 Å². The fourth-order valence-corrected chi connectivity index (χ4v) is 3.82. The van der Waals surface area contributed by atoms with E-state index in [2.05, 4.69) is 27.0 Å². The molecule has 0 fully saturated rings. The molecule has 0 unspecified atom stereocenters. The predicted octanol–water partition coefficient (Wildman–Crippen LogP) is 3.85. The minimum absolute atomic E-state index is 0.0300. The maximum atomic E-state index is 12.1. The molecule has 2 amide bonds. The second kappa shape index (κ2) is 8.97. The molecule has 1 aliphatic heterocycles. The molecule has 1 aromatic heterocycles. The summed E-state index contributed by atoms with van der Waals surface area (Å²) < 4.78 is 5.44. The summed E-state index contributed by atoms with van der Waals surface area (Å²) in [5, 5.41) is 9.26. The van der Waals surface area contributed by atoms with Gasteiger partial charge in [-0.25, -0.2) is 4.98 Å². The maximum Gasteiger partial charge on any atom is 0.251 e. The maximum absolute atomic E-state index is 12.1. The molecule has 164 valence electrons. The highest BCUT2D eigenvalue weighted by Crippen LogP contribution is 2.37. The van der Waals surface area contributed by atoms with E-state index in [1.54, 1.807) is 50.4 Å². The van der Waals surface area contributed by atoms with E-state index in [1.807, 2.05) is 24.3 Å². The zero-order valence-corrected chi connectivity index (χ0v) is 18.2. The van der Waals surface area contributed by atoms with Crippen LogP contribution in [0.15, 0.2) is 54.7 Å². The van der Waals surface area contributed by atoms with Crippen molar-refractivity contribution in [2.45, 2.75) is 13.3 Å². The van der Waals surface area contributed by atoms with Crippen LogP contribution in [0.25, 0.3) is 0 Å². The van der Waals surface area contributed by atoms with Crippen molar-refractivity contribution in [3.8, 4) is 5.75 Å². The van der Waals surface area contributed by atoms with Crippen LogP contribution in [0.4, 0.5) is 28.6 Å². The summed E-state index contributed by atoms with van der Waals surface area (Å²) in [5.74, 6) is 0.984. The zero-order valence-electron chi connectivity index (χ0n) is 18.2. The Balaban J connectivity index is 1.58. The summed E-state index contributed by atoms with van der Waals surface area (Å²) in [4.78, 5) is 30.1. The third kappa shape index (κ3) is 4.20. The quantitative estimate of drug-likeness (QED) is 0.549. The van der Waals surface area contributed by atoms with Crippen LogP contribution in [0.5, 0.6) is 5.75 Å². The molecule has 0 radical (unpaired) electrons. The Hall–Kier alpha value is -4.07. The van der Waals surface area contributed by atoms with Gasteiger partial charge in [0.2, 0.25) is 5.91 Å². The Bertz CT molecular complexity index is 1180. The lowest BCUT2D eigenvalue weighted by atomic mass is 10.1. The van der Waals surface area contributed by atoms with Crippen molar-refractivity contribution in [1.29, 1.82) is 0 Å². The molecule has 3 aromatic rings. The Morgan fingerprint density at radius 3 is 2.66 bits per heavy atom. The Morgan fingerprint density at radius 1 is 1.06 bits per heavy atom. The van der Waals surface area contributed by atoms with Gasteiger partial charge in [0.1, 0.15) is 11.6 Å². The number of ether oxygens (including phenoxy) is 1. The Kier molecular flexibility index (Phi) is 5.93. The van der Waals surface area contributed by atoms with Gasteiger partial charge in [0.15, 0.2) is 0 Å². The lowest BCUT2D eigenvalue weighted by Crippen LogP contribution is -2.26. The first-order chi connectivity index (χ1) is 15.5. The van der Waals surface area contributed by atoms with Crippen molar-refractivity contribution in [2.75, 3.05) is 36.2 Å². The van der Waals surface area contributed by atoms with Crippen molar-refractivity contribution in [2.24, 2.45) is 0 Å². The number of rotatable bonds is 6. The van der Waals surface area contributed by atoms with E-state index < -0.39 is 0 Å². The van der Waals surface area contributed by atoms with Gasteiger partial charge in [-0.15, -0.1) is 0 Å². The van der Waals surface area contributed by atoms with Crippen LogP contribution in [0.1, 0.15) is 22.8 Å². The first-order valence-corrected chi connectivity index (χ1v) is 10.3. The highest BCUT2D eigenvalue weighted by Gasteiger charge is 2.25. The summed E-state index contributed by atoms with van der Waals surface area (Å²) in [5.41, 5.74) is 4.97. The zero-order chi connectivity index (χ0) is 22.7. The van der Waals surface area contributed by atoms with Gasteiger partial charge in [-0.3, -0.25) is 9.59 Å². The number of methoxy groups -OCH3 is 1. The minimum atomic E-state index is -0.186. The number of benzene rings is 2. The molecule has 3 N–H and O–H groups in total. The van der Waals surface area contributed by atoms with Crippen LogP contribution >= 0.6 is 0 Å². The number of amides is 2. The van der Waals surface area contributed by atoms with Gasteiger partial charge < -0.3 is 25.6 Å². The molecule has 1 aliphatic rings. The summed E-state index contributed by atoms with van der Waals surface area (Å²) in [6.07, 6.45) is 2.54. The molecule has 8 nitrogen and oxygen atoms in total. The number of carbonyl (C=O) groups is 2. The summed E-state index contributed by atoms with van der Waals surface area (Å²) in [7, 11) is 3.14. The van der Waals surface area contributed by atoms with Gasteiger partial charge in [0, 0.05) is 44.0 Å². The van der Waals surface area contributed by atoms with E-state index >= 15 is 0 Å². The number of aromatic nitrogens is 1. The molecule has 0 atom stereocenters. The molecular formula is C24H25N5O3. The van der Waals surface area contributed by atoms with Gasteiger partial charge in [-0.05, 0) is 42.3 Å². The normalized spacial score (nSPS) is 12.2. The first-order valence-electron chi connectivity index (χ1n) is 10.3. The van der Waals surface area contributed by atoms with Crippen molar-refractivity contribution in [3.63, 3.8) is 0 Å². The van der Waals surface area contributed by atoms with E-state index in [4.69, 9.17) is 4.74 Å². The molecule has 32 heavy (non-hydrogen) atoms. The topological polar surface area (TPSA) is 95.6 Å². The molecule has 2 aromatic carbocycles. The summed E-state index contributed by atoms with van der Waals surface area (Å²) in [6, 6.07) is 14.9. The highest BCUT2D eigenvalue weighted by molar-refractivity contribution is 5.98. The van der Waals surface area contributed by atoms with Gasteiger partial charge in [-0.2, -0.15) is 0 Å². The van der Waals surface area contributed by atoms with Gasteiger partial charge in [0.05, 0.1) is 24.2 Å². The van der Waals surface area contributed by atoms with Gasteiger partial charge in [-0.1, -0.05) is 12.1 Å². The van der Waals surface area contributed by atoms with Crippen molar-refractivity contribution in [1.82, 2.24) is 10.3 Å². The smallest absolute Gasteiger partial charge is 0.251 e. The molecule has 4 rings (SSSR count). The number of carbonyl (C=O) groups excluding carboxylic acids is 2. The van der Waals surface area contributed by atoms with Gasteiger partial charge in [0.25, 0.3) is 5.91 Å². The van der Waals surface area contributed by atoms with Crippen LogP contribution in [0.3, 0.4) is 0 Å². The van der Waals surface area contributed by atoms with E-state index in [1.165, 1.54) is 0 Å². The lowest BCUT2D eigenvalue weighted by molar-refractivity contribution is -0.116. The standard InChI is InChI=1S/C24H25N5O3/c1-15(30)29-12-10-16-5-4-6-20(23(16)29)27-18-9-11-26-22(14-18)28-19-8-7-17(24(31)25-2)13-21(19)32-3/h4-9,11,13-14H,10,12H2,1-3H3,(H,25,31)(H2,26,27,28). The second-order valence-corrected chi connectivity index (χ2v) is 7.41. The number of hydrogen-bond donors (Lipinski definition) is 3. The summed E-state index contributed by atoms with van der Waals surface area (Å²) >= 11 is 0. The van der Waals surface area contributed by atoms with E-state index in [-0.39, 0.29) is 11.8 Å². The van der Waals surface area contributed by atoms with Crippen molar-refractivity contribution < 1.29 is 14.3 Å². The first kappa shape index (κ1) is 21.2. The number of anilines is 5. The summed E-state index contributed by atoms with van der Waals surface area (Å²) in [6.45, 7) is 2.28. The number of fused-ring (bicyclic) bond motifs is 1. The SMILES string of the molecule is CNC(=O)c1ccc(Nc2cc(Nc3cccc4c3N(C(C)=O)CC4)ccn2)c(OC)c1. The highest BCUT2D eigenvalue weighted by atomic mass is 16.5. The van der Waals surface area contributed by atoms with Crippen LogP contribution in [0, 0.1) is 0 Å². The fraction of sp³-hybridized carbons (Fsp3) is 0.208. The van der Waals surface area contributed by atoms with Crippen LogP contribution in [-0.4, -0.2) is 37.5 Å². The predicted molar refractivity (Wildman–Crippen MR) is 125 cm³/mol. The number of nitrogens with zero attached hydrogens (tertiary/aromatic N) is 2. The molecule has 0 saturated heterocycles. The number of nitrogens with one attached hydrogen (secondary N) is 3. The number of pyridine rings is 1. The third-order valence-corrected chi connectivity index (χ3v) is 5.37. The molecule has 0 saturated carbocycles. The Morgan fingerprint density at radius 2 is 1.91 bits per heavy atom. The molecule has 0 bridgehead atoms. The molecule has 8 heteroatoms. The van der Waals surface area contributed by atoms with Crippen molar-refractivity contribution >= 4 is 40.4 Å². The van der Waals surface area contributed by atoms with E-state index in [0.717, 1.165) is 29.0 Å². The Labute approximate surface area is 186 Å². The number of para-hydroxylation sites is 1. The minimum Gasteiger partial charge on any atom is -0.495 e. The fourth-order valence-electron chi connectivity index (χ4n) is 3.82. The third-order valence-electron chi connectivity index (χ3n) is 5.37. The average Bonchev–Trinajstić information content (AvgIpc) is 3.25. The molecule has 0 aliphatic carbocycles. The monoisotopic (exact) mass is 431 g/mol. The van der Waals surface area contributed by atoms with Crippen molar-refractivity contribution in [3.05, 3.63) is 65.9 Å². The molecule has 2 heterocycles. The number of hydrogen-bond acceptors (Lipinski definition) is 6. The van der Waals surface area contributed by atoms with Crippen LogP contribution in [-0.2, 0) is 11.2 Å². The molecule has 0 spiro atoms. The second-order valence-electron chi connectivity index (χ2n) is 7.41. The van der Waals surface area contributed by atoms with E-state index in [0.29, 0.717) is 29.4 Å². The molecular weight excluding hydrogens is 406 g/mol. The van der Waals surface area contributed by atoms with E-state index in [9.17, 15) is 9.59 Å². The van der Waals surface area contributed by atoms with Gasteiger partial charge >= 0.3 is 0 Å². The average molecular weight is 431 g/mol. The van der Waals surface area contributed by atoms with Crippen LogP contribution in [0.2, 0.25) is 0 Å². The largest absolute Gasteiger partial charge is 0.495 e.